The third kappa shape index (κ3) is 5.34. The summed E-state index contributed by atoms with van der Waals surface area (Å²) in [4.78, 5) is 12.2. The molecule has 1 fully saturated rings. The quantitative estimate of drug-likeness (QED) is 0.783. The molecule has 2 rings (SSSR count). The molecule has 1 N–H and O–H groups in total. The topological polar surface area (TPSA) is 84.9 Å². The van der Waals surface area contributed by atoms with Gasteiger partial charge in [0.15, 0.2) is 0 Å². The molecule has 9 heteroatoms. The van der Waals surface area contributed by atoms with Crippen LogP contribution < -0.4 is 10.1 Å². The second-order valence-electron chi connectivity index (χ2n) is 5.59. The van der Waals surface area contributed by atoms with Crippen molar-refractivity contribution in [2.45, 2.75) is 18.9 Å². The first kappa shape index (κ1) is 19.0. The lowest BCUT2D eigenvalue weighted by molar-refractivity contribution is -0.116. The van der Waals surface area contributed by atoms with E-state index >= 15 is 0 Å². The Morgan fingerprint density at radius 2 is 2.25 bits per heavy atom. The maximum atomic E-state index is 12.2. The van der Waals surface area contributed by atoms with E-state index < -0.39 is 15.9 Å². The Kier molecular flexibility index (Phi) is 6.45. The van der Waals surface area contributed by atoms with Crippen LogP contribution in [-0.4, -0.2) is 57.8 Å². The Labute approximate surface area is 146 Å². The molecule has 0 aliphatic carbocycles. The van der Waals surface area contributed by atoms with Crippen LogP contribution in [0.25, 0.3) is 0 Å². The smallest absolute Gasteiger partial charge is 0.239 e. The van der Waals surface area contributed by atoms with Crippen molar-refractivity contribution >= 4 is 33.2 Å². The predicted octanol–water partition coefficient (Wildman–Crippen LogP) is 1.73. The lowest BCUT2D eigenvalue weighted by Crippen LogP contribution is -2.41. The Bertz CT molecular complexity index is 689. The van der Waals surface area contributed by atoms with Gasteiger partial charge in [0.1, 0.15) is 5.75 Å². The molecule has 0 spiro atoms. The predicted molar refractivity (Wildman–Crippen MR) is 92.0 cm³/mol. The highest BCUT2D eigenvalue weighted by Crippen LogP contribution is 2.27. The summed E-state index contributed by atoms with van der Waals surface area (Å²) < 4.78 is 35.4. The van der Waals surface area contributed by atoms with Crippen LogP contribution in [0, 0.1) is 0 Å². The number of carbonyl (C=O) groups excluding carboxylic acids is 1. The SMILES string of the molecule is COc1ccc(NC(=O)CN(CC2CCCO2)S(C)(=O)=O)cc1Cl. The average Bonchev–Trinajstić information content (AvgIpc) is 2.99. The van der Waals surface area contributed by atoms with Crippen LogP contribution in [0.4, 0.5) is 5.69 Å². The monoisotopic (exact) mass is 376 g/mol. The molecule has 1 aromatic rings. The van der Waals surface area contributed by atoms with Gasteiger partial charge in [-0.25, -0.2) is 8.42 Å². The minimum atomic E-state index is -3.51. The lowest BCUT2D eigenvalue weighted by atomic mass is 10.2. The zero-order valence-corrected chi connectivity index (χ0v) is 15.2. The standard InChI is InChI=1S/C15H21ClN2O5S/c1-22-14-6-5-11(8-13(14)16)17-15(19)10-18(24(2,20)21)9-12-4-3-7-23-12/h5-6,8,12H,3-4,7,9-10H2,1-2H3,(H,17,19). The summed E-state index contributed by atoms with van der Waals surface area (Å²) in [6.07, 6.45) is 2.61. The van der Waals surface area contributed by atoms with Crippen LogP contribution in [0.2, 0.25) is 5.02 Å². The molecule has 1 aliphatic heterocycles. The number of sulfonamides is 1. The van der Waals surface area contributed by atoms with Gasteiger partial charge >= 0.3 is 0 Å². The molecule has 24 heavy (non-hydrogen) atoms. The lowest BCUT2D eigenvalue weighted by Gasteiger charge is -2.22. The van der Waals surface area contributed by atoms with Gasteiger partial charge in [0.25, 0.3) is 0 Å². The highest BCUT2D eigenvalue weighted by molar-refractivity contribution is 7.88. The number of nitrogens with one attached hydrogen (secondary N) is 1. The van der Waals surface area contributed by atoms with Crippen LogP contribution in [0.1, 0.15) is 12.8 Å². The summed E-state index contributed by atoms with van der Waals surface area (Å²) in [5.41, 5.74) is 0.469. The Hall–Kier alpha value is -1.35. The zero-order chi connectivity index (χ0) is 17.7. The Morgan fingerprint density at radius 3 is 2.79 bits per heavy atom. The van der Waals surface area contributed by atoms with Crippen molar-refractivity contribution < 1.29 is 22.7 Å². The molecule has 1 saturated heterocycles. The van der Waals surface area contributed by atoms with Gasteiger partial charge < -0.3 is 14.8 Å². The highest BCUT2D eigenvalue weighted by atomic mass is 35.5. The number of rotatable bonds is 7. The molecular formula is C15H21ClN2O5S. The average molecular weight is 377 g/mol. The number of methoxy groups -OCH3 is 1. The van der Waals surface area contributed by atoms with Crippen molar-refractivity contribution in [1.82, 2.24) is 4.31 Å². The summed E-state index contributed by atoms with van der Waals surface area (Å²) in [6.45, 7) is 0.525. The molecule has 0 aromatic heterocycles. The first-order valence-electron chi connectivity index (χ1n) is 7.49. The van der Waals surface area contributed by atoms with Crippen molar-refractivity contribution in [1.29, 1.82) is 0 Å². The molecule has 1 aliphatic rings. The molecule has 1 unspecified atom stereocenters. The Balaban J connectivity index is 2.00. The molecule has 0 radical (unpaired) electrons. The van der Waals surface area contributed by atoms with Gasteiger partial charge in [-0.1, -0.05) is 11.6 Å². The Morgan fingerprint density at radius 1 is 1.50 bits per heavy atom. The second-order valence-corrected chi connectivity index (χ2v) is 7.98. The third-order valence-electron chi connectivity index (χ3n) is 3.66. The highest BCUT2D eigenvalue weighted by Gasteiger charge is 2.26. The zero-order valence-electron chi connectivity index (χ0n) is 13.6. The van der Waals surface area contributed by atoms with Crippen molar-refractivity contribution in [2.75, 3.05) is 38.4 Å². The van der Waals surface area contributed by atoms with Gasteiger partial charge in [0.05, 0.1) is 31.0 Å². The van der Waals surface area contributed by atoms with Crippen LogP contribution in [0.3, 0.4) is 0 Å². The fourth-order valence-electron chi connectivity index (χ4n) is 2.44. The maximum Gasteiger partial charge on any atom is 0.239 e. The van der Waals surface area contributed by atoms with Gasteiger partial charge in [-0.2, -0.15) is 4.31 Å². The molecule has 0 saturated carbocycles. The molecule has 1 amide bonds. The van der Waals surface area contributed by atoms with E-state index in [0.717, 1.165) is 23.4 Å². The van der Waals surface area contributed by atoms with E-state index in [1.54, 1.807) is 18.2 Å². The first-order chi connectivity index (χ1) is 11.3. The van der Waals surface area contributed by atoms with Gasteiger partial charge in [0.2, 0.25) is 15.9 Å². The van der Waals surface area contributed by atoms with Crippen LogP contribution in [-0.2, 0) is 19.6 Å². The van der Waals surface area contributed by atoms with Gasteiger partial charge in [-0.15, -0.1) is 0 Å². The molecule has 7 nitrogen and oxygen atoms in total. The van der Waals surface area contributed by atoms with E-state index in [1.807, 2.05) is 0 Å². The van der Waals surface area contributed by atoms with E-state index in [4.69, 9.17) is 21.1 Å². The maximum absolute atomic E-state index is 12.2. The van der Waals surface area contributed by atoms with Crippen molar-refractivity contribution in [3.05, 3.63) is 23.2 Å². The summed E-state index contributed by atoms with van der Waals surface area (Å²) in [5, 5.41) is 2.99. The number of benzene rings is 1. The van der Waals surface area contributed by atoms with Crippen LogP contribution >= 0.6 is 11.6 Å². The minimum Gasteiger partial charge on any atom is -0.495 e. The van der Waals surface area contributed by atoms with Crippen molar-refractivity contribution in [2.24, 2.45) is 0 Å². The van der Waals surface area contributed by atoms with Crippen molar-refractivity contribution in [3.63, 3.8) is 0 Å². The van der Waals surface area contributed by atoms with Crippen LogP contribution in [0.15, 0.2) is 18.2 Å². The number of anilines is 1. The van der Waals surface area contributed by atoms with Crippen LogP contribution in [0.5, 0.6) is 5.75 Å². The second kappa shape index (κ2) is 8.15. The van der Waals surface area contributed by atoms with Crippen molar-refractivity contribution in [3.8, 4) is 5.75 Å². The number of ether oxygens (including phenoxy) is 2. The summed E-state index contributed by atoms with van der Waals surface area (Å²) >= 11 is 6.01. The number of amides is 1. The van der Waals surface area contributed by atoms with Gasteiger partial charge in [-0.3, -0.25) is 4.79 Å². The van der Waals surface area contributed by atoms with Gasteiger partial charge in [-0.05, 0) is 31.0 Å². The van der Waals surface area contributed by atoms with Gasteiger partial charge in [0, 0.05) is 18.8 Å². The fourth-order valence-corrected chi connectivity index (χ4v) is 3.48. The summed E-state index contributed by atoms with van der Waals surface area (Å²) in [6, 6.07) is 4.80. The van der Waals surface area contributed by atoms with E-state index in [-0.39, 0.29) is 19.2 Å². The molecule has 1 aromatic carbocycles. The molecule has 134 valence electrons. The van der Waals surface area contributed by atoms with E-state index in [0.29, 0.717) is 23.1 Å². The minimum absolute atomic E-state index is 0.164. The number of hydrogen-bond donors (Lipinski definition) is 1. The number of halogens is 1. The van der Waals surface area contributed by atoms with E-state index in [9.17, 15) is 13.2 Å². The summed E-state index contributed by atoms with van der Waals surface area (Å²) in [5.74, 6) is 0.0467. The normalized spacial score (nSPS) is 17.9. The molecular weight excluding hydrogens is 356 g/mol. The largest absolute Gasteiger partial charge is 0.495 e. The van der Waals surface area contributed by atoms with E-state index in [2.05, 4.69) is 5.32 Å². The van der Waals surface area contributed by atoms with E-state index in [1.165, 1.54) is 7.11 Å². The third-order valence-corrected chi connectivity index (χ3v) is 5.17. The number of carbonyl (C=O) groups is 1. The number of nitrogens with zero attached hydrogens (tertiary/aromatic N) is 1. The fraction of sp³-hybridized carbons (Fsp3) is 0.533. The summed E-state index contributed by atoms with van der Waals surface area (Å²) in [7, 11) is -2.02. The molecule has 1 heterocycles. The molecule has 0 bridgehead atoms. The first-order valence-corrected chi connectivity index (χ1v) is 9.72. The molecule has 1 atom stereocenters. The number of hydrogen-bond acceptors (Lipinski definition) is 5.